The summed E-state index contributed by atoms with van der Waals surface area (Å²) < 4.78 is 13.2. The lowest BCUT2D eigenvalue weighted by atomic mass is 9.97. The molecule has 0 amide bonds. The molecule has 24 heavy (non-hydrogen) atoms. The molecule has 0 unspecified atom stereocenters. The van der Waals surface area contributed by atoms with Crippen molar-refractivity contribution in [1.29, 1.82) is 0 Å². The summed E-state index contributed by atoms with van der Waals surface area (Å²) in [7, 11) is 0. The minimum Gasteiger partial charge on any atom is -0.248 e. The van der Waals surface area contributed by atoms with E-state index in [0.717, 1.165) is 33.3 Å². The minimum atomic E-state index is -0.238. The predicted molar refractivity (Wildman–Crippen MR) is 97.3 cm³/mol. The second-order valence-corrected chi connectivity index (χ2v) is 5.95. The number of nitrogens with zero attached hydrogens (tertiary/aromatic N) is 1. The average molecular weight is 313 g/mol. The summed E-state index contributed by atoms with van der Waals surface area (Å²) in [5.74, 6) is -0.238. The Morgan fingerprint density at radius 3 is 2.25 bits per heavy atom. The van der Waals surface area contributed by atoms with Gasteiger partial charge in [-0.1, -0.05) is 42.0 Å². The smallest absolute Gasteiger partial charge is 0.123 e. The maximum atomic E-state index is 13.2. The molecule has 0 N–H and O–H groups in total. The Labute approximate surface area is 140 Å². The third kappa shape index (κ3) is 2.67. The monoisotopic (exact) mass is 313 g/mol. The highest BCUT2D eigenvalue weighted by Crippen LogP contribution is 2.32. The van der Waals surface area contributed by atoms with Gasteiger partial charge >= 0.3 is 0 Å². The first-order chi connectivity index (χ1) is 11.7. The molecule has 4 aromatic rings. The van der Waals surface area contributed by atoms with Crippen molar-refractivity contribution in [2.45, 2.75) is 6.92 Å². The van der Waals surface area contributed by atoms with Crippen molar-refractivity contribution in [3.63, 3.8) is 0 Å². The quantitative estimate of drug-likeness (QED) is 0.441. The topological polar surface area (TPSA) is 12.9 Å². The van der Waals surface area contributed by atoms with E-state index in [4.69, 9.17) is 4.98 Å². The van der Waals surface area contributed by atoms with Crippen LogP contribution in [0.3, 0.4) is 0 Å². The van der Waals surface area contributed by atoms with Gasteiger partial charge in [-0.15, -0.1) is 0 Å². The summed E-state index contributed by atoms with van der Waals surface area (Å²) in [6, 6.07) is 25.1. The Kier molecular flexibility index (Phi) is 3.58. The van der Waals surface area contributed by atoms with Gasteiger partial charge in [-0.05, 0) is 60.5 Å². The van der Waals surface area contributed by atoms with E-state index in [1.54, 1.807) is 12.1 Å². The van der Waals surface area contributed by atoms with Crippen molar-refractivity contribution >= 4 is 10.9 Å². The zero-order valence-corrected chi connectivity index (χ0v) is 13.3. The number of aromatic nitrogens is 1. The lowest BCUT2D eigenvalue weighted by Gasteiger charge is -2.11. The van der Waals surface area contributed by atoms with Crippen LogP contribution in [0.2, 0.25) is 0 Å². The summed E-state index contributed by atoms with van der Waals surface area (Å²) in [6.07, 6.45) is 0. The number of hydrogen-bond donors (Lipinski definition) is 0. The molecule has 0 saturated carbocycles. The van der Waals surface area contributed by atoms with Gasteiger partial charge in [0, 0.05) is 10.9 Å². The van der Waals surface area contributed by atoms with Crippen molar-refractivity contribution in [3.05, 3.63) is 90.2 Å². The van der Waals surface area contributed by atoms with Gasteiger partial charge in [0.15, 0.2) is 0 Å². The molecule has 0 aliphatic carbocycles. The number of hydrogen-bond acceptors (Lipinski definition) is 1. The fraction of sp³-hybridized carbons (Fsp3) is 0.0455. The first kappa shape index (κ1) is 14.6. The van der Waals surface area contributed by atoms with Crippen LogP contribution < -0.4 is 0 Å². The molecule has 0 bridgehead atoms. The van der Waals surface area contributed by atoms with E-state index in [1.165, 1.54) is 17.7 Å². The molecule has 0 fully saturated rings. The lowest BCUT2D eigenvalue weighted by molar-refractivity contribution is 0.628. The average Bonchev–Trinajstić information content (AvgIpc) is 2.62. The Morgan fingerprint density at radius 1 is 0.750 bits per heavy atom. The summed E-state index contributed by atoms with van der Waals surface area (Å²) in [6.45, 7) is 2.09. The van der Waals surface area contributed by atoms with Gasteiger partial charge in [0.2, 0.25) is 0 Å². The van der Waals surface area contributed by atoms with Crippen molar-refractivity contribution in [1.82, 2.24) is 4.98 Å². The van der Waals surface area contributed by atoms with E-state index in [-0.39, 0.29) is 5.82 Å². The standard InChI is InChI=1S/C22H16FN/c1-15-7-12-21-20(13-15)19(16-5-3-2-4-6-16)14-22(24-21)17-8-10-18(23)11-9-17/h2-14H,1H3. The Bertz CT molecular complexity index is 1010. The summed E-state index contributed by atoms with van der Waals surface area (Å²) in [5.41, 5.74) is 6.21. The van der Waals surface area contributed by atoms with Crippen LogP contribution in [0.15, 0.2) is 78.9 Å². The molecular weight excluding hydrogens is 297 g/mol. The highest BCUT2D eigenvalue weighted by Gasteiger charge is 2.10. The van der Waals surface area contributed by atoms with E-state index in [0.29, 0.717) is 0 Å². The summed E-state index contributed by atoms with van der Waals surface area (Å²) in [5, 5.41) is 1.13. The molecule has 116 valence electrons. The molecule has 4 rings (SSSR count). The van der Waals surface area contributed by atoms with Crippen LogP contribution in [-0.2, 0) is 0 Å². The molecule has 0 atom stereocenters. The van der Waals surface area contributed by atoms with Crippen LogP contribution in [0.1, 0.15) is 5.56 Å². The van der Waals surface area contributed by atoms with Crippen LogP contribution >= 0.6 is 0 Å². The highest BCUT2D eigenvalue weighted by atomic mass is 19.1. The number of aryl methyl sites for hydroxylation is 1. The zero-order valence-electron chi connectivity index (χ0n) is 13.3. The molecule has 0 saturated heterocycles. The number of pyridine rings is 1. The third-order valence-corrected chi connectivity index (χ3v) is 4.19. The van der Waals surface area contributed by atoms with E-state index >= 15 is 0 Å². The van der Waals surface area contributed by atoms with E-state index in [2.05, 4.69) is 37.3 Å². The van der Waals surface area contributed by atoms with Crippen molar-refractivity contribution in [3.8, 4) is 22.4 Å². The van der Waals surface area contributed by atoms with Crippen molar-refractivity contribution < 1.29 is 4.39 Å². The fourth-order valence-electron chi connectivity index (χ4n) is 2.96. The first-order valence-corrected chi connectivity index (χ1v) is 7.93. The second-order valence-electron chi connectivity index (χ2n) is 5.95. The Morgan fingerprint density at radius 2 is 1.50 bits per heavy atom. The molecule has 1 aromatic heterocycles. The van der Waals surface area contributed by atoms with E-state index < -0.39 is 0 Å². The van der Waals surface area contributed by atoms with Gasteiger partial charge in [0.05, 0.1) is 11.2 Å². The maximum Gasteiger partial charge on any atom is 0.123 e. The van der Waals surface area contributed by atoms with Crippen LogP contribution in [0.25, 0.3) is 33.3 Å². The first-order valence-electron chi connectivity index (χ1n) is 7.93. The third-order valence-electron chi connectivity index (χ3n) is 4.19. The Balaban J connectivity index is 2.00. The number of fused-ring (bicyclic) bond motifs is 1. The SMILES string of the molecule is Cc1ccc2nc(-c3ccc(F)cc3)cc(-c3ccccc3)c2c1. The molecule has 1 heterocycles. The summed E-state index contributed by atoms with van der Waals surface area (Å²) >= 11 is 0. The van der Waals surface area contributed by atoms with Crippen LogP contribution in [0, 0.1) is 12.7 Å². The van der Waals surface area contributed by atoms with Crippen LogP contribution in [0.4, 0.5) is 4.39 Å². The van der Waals surface area contributed by atoms with E-state index in [9.17, 15) is 4.39 Å². The van der Waals surface area contributed by atoms with Gasteiger partial charge in [-0.25, -0.2) is 9.37 Å². The number of rotatable bonds is 2. The molecule has 0 radical (unpaired) electrons. The van der Waals surface area contributed by atoms with Gasteiger partial charge in [0.1, 0.15) is 5.82 Å². The molecule has 0 aliphatic rings. The molecule has 0 aliphatic heterocycles. The van der Waals surface area contributed by atoms with E-state index in [1.807, 2.05) is 24.3 Å². The number of halogens is 1. The minimum absolute atomic E-state index is 0.238. The maximum absolute atomic E-state index is 13.2. The highest BCUT2D eigenvalue weighted by molar-refractivity contribution is 5.97. The summed E-state index contributed by atoms with van der Waals surface area (Å²) in [4.78, 5) is 4.78. The molecule has 1 nitrogen and oxygen atoms in total. The normalized spacial score (nSPS) is 10.9. The fourth-order valence-corrected chi connectivity index (χ4v) is 2.96. The van der Waals surface area contributed by atoms with Crippen LogP contribution in [-0.4, -0.2) is 4.98 Å². The molecule has 2 heteroatoms. The van der Waals surface area contributed by atoms with Gasteiger partial charge < -0.3 is 0 Å². The Hall–Kier alpha value is -3.00. The van der Waals surface area contributed by atoms with Gasteiger partial charge in [-0.2, -0.15) is 0 Å². The lowest BCUT2D eigenvalue weighted by Crippen LogP contribution is -1.91. The zero-order chi connectivity index (χ0) is 16.5. The van der Waals surface area contributed by atoms with Gasteiger partial charge in [-0.3, -0.25) is 0 Å². The largest absolute Gasteiger partial charge is 0.248 e. The molecule has 3 aromatic carbocycles. The molecular formula is C22H16FN. The molecule has 0 spiro atoms. The number of benzene rings is 3. The van der Waals surface area contributed by atoms with Crippen molar-refractivity contribution in [2.75, 3.05) is 0 Å². The second kappa shape index (κ2) is 5.89. The predicted octanol–water partition coefficient (Wildman–Crippen LogP) is 6.02. The van der Waals surface area contributed by atoms with Crippen LogP contribution in [0.5, 0.6) is 0 Å². The van der Waals surface area contributed by atoms with Crippen molar-refractivity contribution in [2.24, 2.45) is 0 Å². The van der Waals surface area contributed by atoms with Gasteiger partial charge in [0.25, 0.3) is 0 Å².